The Morgan fingerprint density at radius 2 is 2.00 bits per heavy atom. The Labute approximate surface area is 144 Å². The first-order chi connectivity index (χ1) is 11.3. The smallest absolute Gasteiger partial charge is 0.260 e. The molecule has 0 saturated carbocycles. The summed E-state index contributed by atoms with van der Waals surface area (Å²) in [6.45, 7) is 4.49. The molecule has 0 amide bonds. The van der Waals surface area contributed by atoms with Crippen molar-refractivity contribution in [3.05, 3.63) is 51.9 Å². The number of likely N-dealkylation sites (N-methyl/N-ethyl adjacent to an activating group) is 1. The molecule has 2 N–H and O–H groups in total. The van der Waals surface area contributed by atoms with E-state index in [-0.39, 0.29) is 5.56 Å². The lowest BCUT2D eigenvalue weighted by Gasteiger charge is -2.24. The van der Waals surface area contributed by atoms with Crippen molar-refractivity contribution in [1.82, 2.24) is 14.9 Å². The van der Waals surface area contributed by atoms with Crippen LogP contribution in [0.5, 0.6) is 0 Å². The molecule has 2 heterocycles. The Morgan fingerprint density at radius 1 is 1.29 bits per heavy atom. The SMILES string of the molecule is CN(Cc1nc2scc(-c3ccccc3)c2c(=O)[nH]1)CC(C)(C)O. The first-order valence-electron chi connectivity index (χ1n) is 7.80. The first kappa shape index (κ1) is 16.8. The fourth-order valence-electron chi connectivity index (χ4n) is 2.87. The third-order valence-corrected chi connectivity index (χ3v) is 4.53. The summed E-state index contributed by atoms with van der Waals surface area (Å²) in [6, 6.07) is 9.86. The Morgan fingerprint density at radius 3 is 2.67 bits per heavy atom. The number of H-pyrrole nitrogens is 1. The summed E-state index contributed by atoms with van der Waals surface area (Å²) in [4.78, 5) is 22.7. The van der Waals surface area contributed by atoms with E-state index in [4.69, 9.17) is 0 Å². The van der Waals surface area contributed by atoms with Crippen LogP contribution >= 0.6 is 11.3 Å². The van der Waals surface area contributed by atoms with Gasteiger partial charge in [0, 0.05) is 17.5 Å². The summed E-state index contributed by atoms with van der Waals surface area (Å²) < 4.78 is 0. The van der Waals surface area contributed by atoms with Gasteiger partial charge < -0.3 is 10.1 Å². The summed E-state index contributed by atoms with van der Waals surface area (Å²) in [5, 5.41) is 12.5. The Kier molecular flexibility index (Phi) is 4.54. The molecule has 0 bridgehead atoms. The van der Waals surface area contributed by atoms with Crippen LogP contribution in [0.15, 0.2) is 40.5 Å². The van der Waals surface area contributed by atoms with Crippen LogP contribution in [0.4, 0.5) is 0 Å². The number of benzene rings is 1. The van der Waals surface area contributed by atoms with Crippen molar-refractivity contribution in [2.75, 3.05) is 13.6 Å². The lowest BCUT2D eigenvalue weighted by Crippen LogP contribution is -2.36. The minimum atomic E-state index is -0.789. The highest BCUT2D eigenvalue weighted by Crippen LogP contribution is 2.30. The topological polar surface area (TPSA) is 69.2 Å². The molecule has 0 atom stereocenters. The van der Waals surface area contributed by atoms with E-state index < -0.39 is 5.60 Å². The van der Waals surface area contributed by atoms with Gasteiger partial charge in [0.2, 0.25) is 0 Å². The summed E-state index contributed by atoms with van der Waals surface area (Å²) in [6.07, 6.45) is 0. The van der Waals surface area contributed by atoms with E-state index in [0.717, 1.165) is 16.0 Å². The monoisotopic (exact) mass is 343 g/mol. The molecule has 2 aromatic heterocycles. The number of aromatic nitrogens is 2. The first-order valence-corrected chi connectivity index (χ1v) is 8.68. The Balaban J connectivity index is 1.94. The molecule has 126 valence electrons. The number of thiophene rings is 1. The van der Waals surface area contributed by atoms with Gasteiger partial charge in [0.25, 0.3) is 5.56 Å². The van der Waals surface area contributed by atoms with Crippen LogP contribution in [0.2, 0.25) is 0 Å². The van der Waals surface area contributed by atoms with E-state index in [1.165, 1.54) is 11.3 Å². The summed E-state index contributed by atoms with van der Waals surface area (Å²) in [7, 11) is 1.89. The van der Waals surface area contributed by atoms with Gasteiger partial charge in [0.15, 0.2) is 0 Å². The number of hydrogen-bond donors (Lipinski definition) is 2. The summed E-state index contributed by atoms with van der Waals surface area (Å²) in [5.74, 6) is 0.612. The highest BCUT2D eigenvalue weighted by molar-refractivity contribution is 7.17. The molecule has 6 heteroatoms. The van der Waals surface area contributed by atoms with E-state index >= 15 is 0 Å². The van der Waals surface area contributed by atoms with Crippen LogP contribution in [0, 0.1) is 0 Å². The van der Waals surface area contributed by atoms with Crippen molar-refractivity contribution in [2.24, 2.45) is 0 Å². The molecule has 0 saturated heterocycles. The van der Waals surface area contributed by atoms with Gasteiger partial charge in [-0.25, -0.2) is 4.98 Å². The van der Waals surface area contributed by atoms with Gasteiger partial charge in [0.05, 0.1) is 17.5 Å². The molecule has 0 unspecified atom stereocenters. The molecule has 24 heavy (non-hydrogen) atoms. The van der Waals surface area contributed by atoms with E-state index in [1.54, 1.807) is 13.8 Å². The number of fused-ring (bicyclic) bond motifs is 1. The van der Waals surface area contributed by atoms with Crippen molar-refractivity contribution in [2.45, 2.75) is 26.0 Å². The Bertz CT molecular complexity index is 894. The lowest BCUT2D eigenvalue weighted by atomic mass is 10.1. The fourth-order valence-corrected chi connectivity index (χ4v) is 3.84. The van der Waals surface area contributed by atoms with Gasteiger partial charge in [-0.2, -0.15) is 0 Å². The average molecular weight is 343 g/mol. The molecular formula is C18H21N3O2S. The third-order valence-electron chi connectivity index (χ3n) is 3.65. The maximum atomic E-state index is 12.6. The van der Waals surface area contributed by atoms with Crippen LogP contribution < -0.4 is 5.56 Å². The number of nitrogens with one attached hydrogen (secondary N) is 1. The quantitative estimate of drug-likeness (QED) is 0.747. The van der Waals surface area contributed by atoms with Crippen molar-refractivity contribution in [3.8, 4) is 11.1 Å². The minimum absolute atomic E-state index is 0.119. The standard InChI is InChI=1S/C18H21N3O2S/c1-18(2,23)11-21(3)9-14-19-16(22)15-13(10-24-17(15)20-14)12-7-5-4-6-8-12/h4-8,10,23H,9,11H2,1-3H3,(H,19,20,22). The van der Waals surface area contributed by atoms with E-state index in [1.807, 2.05) is 47.7 Å². The zero-order valence-electron chi connectivity index (χ0n) is 14.0. The second-order valence-corrected chi connectivity index (χ2v) is 7.55. The second-order valence-electron chi connectivity index (χ2n) is 6.69. The van der Waals surface area contributed by atoms with Gasteiger partial charge in [-0.05, 0) is 26.5 Å². The normalized spacial score (nSPS) is 12.2. The van der Waals surface area contributed by atoms with Gasteiger partial charge in [-0.1, -0.05) is 30.3 Å². The molecule has 0 fully saturated rings. The van der Waals surface area contributed by atoms with E-state index in [9.17, 15) is 9.90 Å². The van der Waals surface area contributed by atoms with Gasteiger partial charge in [0.1, 0.15) is 10.7 Å². The van der Waals surface area contributed by atoms with Gasteiger partial charge in [-0.15, -0.1) is 11.3 Å². The molecular weight excluding hydrogens is 322 g/mol. The van der Waals surface area contributed by atoms with Crippen molar-refractivity contribution in [1.29, 1.82) is 0 Å². The molecule has 5 nitrogen and oxygen atoms in total. The number of aliphatic hydroxyl groups is 1. The molecule has 0 radical (unpaired) electrons. The number of nitrogens with zero attached hydrogens (tertiary/aromatic N) is 2. The lowest BCUT2D eigenvalue weighted by molar-refractivity contribution is 0.0418. The summed E-state index contributed by atoms with van der Waals surface area (Å²) in [5.41, 5.74) is 1.03. The molecule has 0 spiro atoms. The zero-order valence-corrected chi connectivity index (χ0v) is 14.9. The van der Waals surface area contributed by atoms with Gasteiger partial charge >= 0.3 is 0 Å². The van der Waals surface area contributed by atoms with Crippen LogP contribution in [-0.4, -0.2) is 39.2 Å². The molecule has 0 aliphatic heterocycles. The molecule has 3 aromatic rings. The van der Waals surface area contributed by atoms with Crippen LogP contribution in [0.25, 0.3) is 21.3 Å². The Hall–Kier alpha value is -2.02. The predicted molar refractivity (Wildman–Crippen MR) is 98.3 cm³/mol. The summed E-state index contributed by atoms with van der Waals surface area (Å²) >= 11 is 1.48. The highest BCUT2D eigenvalue weighted by atomic mass is 32.1. The van der Waals surface area contributed by atoms with E-state index in [0.29, 0.717) is 24.3 Å². The highest BCUT2D eigenvalue weighted by Gasteiger charge is 2.17. The van der Waals surface area contributed by atoms with Crippen molar-refractivity contribution >= 4 is 21.6 Å². The van der Waals surface area contributed by atoms with E-state index in [2.05, 4.69) is 9.97 Å². The number of hydrogen-bond acceptors (Lipinski definition) is 5. The maximum Gasteiger partial charge on any atom is 0.260 e. The fraction of sp³-hybridized carbons (Fsp3) is 0.333. The molecule has 3 rings (SSSR count). The molecule has 1 aromatic carbocycles. The number of aromatic amines is 1. The average Bonchev–Trinajstić information content (AvgIpc) is 2.90. The van der Waals surface area contributed by atoms with Crippen LogP contribution in [0.3, 0.4) is 0 Å². The molecule has 0 aliphatic rings. The zero-order chi connectivity index (χ0) is 17.3. The largest absolute Gasteiger partial charge is 0.389 e. The second kappa shape index (κ2) is 6.47. The van der Waals surface area contributed by atoms with Crippen molar-refractivity contribution < 1.29 is 5.11 Å². The predicted octanol–water partition coefficient (Wildman–Crippen LogP) is 2.85. The van der Waals surface area contributed by atoms with Gasteiger partial charge in [-0.3, -0.25) is 9.69 Å². The van der Waals surface area contributed by atoms with Crippen LogP contribution in [0.1, 0.15) is 19.7 Å². The van der Waals surface area contributed by atoms with Crippen molar-refractivity contribution in [3.63, 3.8) is 0 Å². The maximum absolute atomic E-state index is 12.6. The van der Waals surface area contributed by atoms with Crippen LogP contribution in [-0.2, 0) is 6.54 Å². The molecule has 0 aliphatic carbocycles. The number of rotatable bonds is 5. The third kappa shape index (κ3) is 3.72. The minimum Gasteiger partial charge on any atom is -0.389 e.